The van der Waals surface area contributed by atoms with Crippen LogP contribution in [0.25, 0.3) is 22.9 Å². The molecule has 0 bridgehead atoms. The van der Waals surface area contributed by atoms with Crippen LogP contribution < -0.4 is 9.47 Å². The van der Waals surface area contributed by atoms with E-state index in [1.54, 1.807) is 26.4 Å². The fourth-order valence-electron chi connectivity index (χ4n) is 2.48. The van der Waals surface area contributed by atoms with Gasteiger partial charge >= 0.3 is 0 Å². The third-order valence-corrected chi connectivity index (χ3v) is 4.66. The maximum atomic E-state index is 5.73. The Bertz CT molecular complexity index is 1060. The molecular formula is C19H16N4O4S. The van der Waals surface area contributed by atoms with Crippen LogP contribution in [-0.4, -0.2) is 34.6 Å². The molecule has 0 saturated carbocycles. The summed E-state index contributed by atoms with van der Waals surface area (Å²) in [5, 5.41) is 16.7. The van der Waals surface area contributed by atoms with E-state index >= 15 is 0 Å². The van der Waals surface area contributed by atoms with Gasteiger partial charge in [0.1, 0.15) is 11.5 Å². The molecule has 2 heterocycles. The Kier molecular flexibility index (Phi) is 5.24. The van der Waals surface area contributed by atoms with Crippen molar-refractivity contribution >= 4 is 11.8 Å². The lowest BCUT2D eigenvalue weighted by Gasteiger charge is -2.07. The van der Waals surface area contributed by atoms with Gasteiger partial charge in [0.05, 0.1) is 25.5 Å². The number of hydrogen-bond donors (Lipinski definition) is 0. The van der Waals surface area contributed by atoms with E-state index in [1.807, 2.05) is 36.4 Å². The second-order valence-corrected chi connectivity index (χ2v) is 6.52. The first kappa shape index (κ1) is 18.1. The molecule has 0 fully saturated rings. The first-order valence-electron chi connectivity index (χ1n) is 8.33. The first-order chi connectivity index (χ1) is 13.8. The number of aromatic nitrogens is 4. The number of hydrogen-bond acceptors (Lipinski definition) is 9. The largest absolute Gasteiger partial charge is 0.497 e. The van der Waals surface area contributed by atoms with Gasteiger partial charge in [0.25, 0.3) is 11.1 Å². The molecule has 4 rings (SSSR count). The molecule has 0 amide bonds. The molecule has 0 radical (unpaired) electrons. The summed E-state index contributed by atoms with van der Waals surface area (Å²) in [5.74, 6) is 3.00. The summed E-state index contributed by atoms with van der Waals surface area (Å²) in [6.07, 6.45) is 0. The molecule has 0 aliphatic heterocycles. The molecule has 0 atom stereocenters. The number of ether oxygens (including phenoxy) is 2. The number of benzene rings is 2. The van der Waals surface area contributed by atoms with Crippen molar-refractivity contribution in [3.8, 4) is 34.4 Å². The van der Waals surface area contributed by atoms with E-state index in [9.17, 15) is 0 Å². The van der Waals surface area contributed by atoms with Crippen molar-refractivity contribution < 1.29 is 18.3 Å². The van der Waals surface area contributed by atoms with Gasteiger partial charge in [-0.1, -0.05) is 30.0 Å². The van der Waals surface area contributed by atoms with E-state index < -0.39 is 0 Å². The summed E-state index contributed by atoms with van der Waals surface area (Å²) >= 11 is 1.32. The molecular weight excluding hydrogens is 380 g/mol. The maximum Gasteiger partial charge on any atom is 0.277 e. The topological polar surface area (TPSA) is 96.3 Å². The number of rotatable bonds is 7. The average Bonchev–Trinajstić information content (AvgIpc) is 3.42. The zero-order chi connectivity index (χ0) is 19.3. The second kappa shape index (κ2) is 8.13. The van der Waals surface area contributed by atoms with E-state index in [4.69, 9.17) is 18.3 Å². The van der Waals surface area contributed by atoms with Crippen LogP contribution in [0.4, 0.5) is 0 Å². The van der Waals surface area contributed by atoms with Crippen LogP contribution in [0, 0.1) is 0 Å². The van der Waals surface area contributed by atoms with Crippen molar-refractivity contribution in [1.82, 2.24) is 20.4 Å². The van der Waals surface area contributed by atoms with E-state index in [0.717, 1.165) is 5.56 Å². The van der Waals surface area contributed by atoms with Gasteiger partial charge in [-0.2, -0.15) is 0 Å². The second-order valence-electron chi connectivity index (χ2n) is 5.59. The highest BCUT2D eigenvalue weighted by atomic mass is 32.2. The summed E-state index contributed by atoms with van der Waals surface area (Å²) in [4.78, 5) is 0. The van der Waals surface area contributed by atoms with Crippen molar-refractivity contribution in [2.45, 2.75) is 11.0 Å². The Labute approximate surface area is 164 Å². The van der Waals surface area contributed by atoms with Gasteiger partial charge in [-0.05, 0) is 24.3 Å². The molecule has 0 aliphatic carbocycles. The zero-order valence-corrected chi connectivity index (χ0v) is 16.0. The van der Waals surface area contributed by atoms with Crippen LogP contribution in [0.1, 0.15) is 5.89 Å². The van der Waals surface area contributed by atoms with Crippen LogP contribution in [-0.2, 0) is 5.75 Å². The Balaban J connectivity index is 1.45. The van der Waals surface area contributed by atoms with Crippen LogP contribution in [0.3, 0.4) is 0 Å². The number of thioether (sulfide) groups is 1. The maximum absolute atomic E-state index is 5.73. The van der Waals surface area contributed by atoms with Crippen molar-refractivity contribution in [3.05, 3.63) is 54.4 Å². The Hall–Kier alpha value is -3.33. The van der Waals surface area contributed by atoms with Gasteiger partial charge in [0, 0.05) is 11.6 Å². The third kappa shape index (κ3) is 3.84. The van der Waals surface area contributed by atoms with Crippen molar-refractivity contribution in [1.29, 1.82) is 0 Å². The summed E-state index contributed by atoms with van der Waals surface area (Å²) in [7, 11) is 3.17. The van der Waals surface area contributed by atoms with E-state index in [2.05, 4.69) is 20.4 Å². The van der Waals surface area contributed by atoms with Crippen molar-refractivity contribution in [2.75, 3.05) is 14.2 Å². The van der Waals surface area contributed by atoms with Crippen molar-refractivity contribution in [2.24, 2.45) is 0 Å². The highest BCUT2D eigenvalue weighted by Crippen LogP contribution is 2.34. The molecule has 0 spiro atoms. The molecule has 28 heavy (non-hydrogen) atoms. The molecule has 0 saturated heterocycles. The minimum atomic E-state index is 0.359. The predicted octanol–water partition coefficient (Wildman–Crippen LogP) is 4.10. The molecule has 142 valence electrons. The molecule has 0 N–H and O–H groups in total. The summed E-state index contributed by atoms with van der Waals surface area (Å²) in [5.41, 5.74) is 1.56. The fraction of sp³-hybridized carbons (Fsp3) is 0.158. The Morgan fingerprint density at radius 1 is 0.857 bits per heavy atom. The van der Waals surface area contributed by atoms with E-state index in [-0.39, 0.29) is 0 Å². The molecule has 2 aromatic carbocycles. The van der Waals surface area contributed by atoms with Gasteiger partial charge in [-0.25, -0.2) is 0 Å². The number of nitrogens with zero attached hydrogens (tertiary/aromatic N) is 4. The normalized spacial score (nSPS) is 10.8. The summed E-state index contributed by atoms with van der Waals surface area (Å²) in [6, 6.07) is 15.0. The van der Waals surface area contributed by atoms with Crippen molar-refractivity contribution in [3.63, 3.8) is 0 Å². The summed E-state index contributed by atoms with van der Waals surface area (Å²) in [6.45, 7) is 0. The highest BCUT2D eigenvalue weighted by molar-refractivity contribution is 7.98. The molecule has 8 nitrogen and oxygen atoms in total. The Morgan fingerprint density at radius 2 is 1.68 bits per heavy atom. The first-order valence-corrected chi connectivity index (χ1v) is 9.32. The lowest BCUT2D eigenvalue weighted by Crippen LogP contribution is -1.90. The number of methoxy groups -OCH3 is 2. The van der Waals surface area contributed by atoms with Gasteiger partial charge in [-0.3, -0.25) is 0 Å². The van der Waals surface area contributed by atoms with Gasteiger partial charge in [-0.15, -0.1) is 20.4 Å². The lowest BCUT2D eigenvalue weighted by molar-refractivity contribution is 0.393. The fourth-order valence-corrected chi connectivity index (χ4v) is 3.08. The SMILES string of the molecule is COc1ccc(-c2nnc(SCc3nnc(-c4ccccc4)o3)o2)c(OC)c1. The minimum absolute atomic E-state index is 0.359. The van der Waals surface area contributed by atoms with E-state index in [0.29, 0.717) is 45.7 Å². The zero-order valence-electron chi connectivity index (χ0n) is 15.2. The third-order valence-electron chi connectivity index (χ3n) is 3.85. The molecule has 0 unspecified atom stereocenters. The average molecular weight is 396 g/mol. The van der Waals surface area contributed by atoms with Gasteiger partial charge < -0.3 is 18.3 Å². The predicted molar refractivity (Wildman–Crippen MR) is 102 cm³/mol. The molecule has 2 aromatic heterocycles. The monoisotopic (exact) mass is 396 g/mol. The molecule has 0 aliphatic rings. The highest BCUT2D eigenvalue weighted by Gasteiger charge is 2.16. The van der Waals surface area contributed by atoms with Crippen LogP contribution in [0.2, 0.25) is 0 Å². The Morgan fingerprint density at radius 3 is 2.46 bits per heavy atom. The summed E-state index contributed by atoms with van der Waals surface area (Å²) < 4.78 is 22.0. The standard InChI is InChI=1S/C19H16N4O4S/c1-24-13-8-9-14(15(10-13)25-2)18-22-23-19(27-18)28-11-16-20-21-17(26-16)12-6-4-3-5-7-12/h3-10H,11H2,1-2H3. The van der Waals surface area contributed by atoms with Gasteiger partial charge in [0.2, 0.25) is 11.8 Å². The molecule has 4 aromatic rings. The quantitative estimate of drug-likeness (QED) is 0.428. The van der Waals surface area contributed by atoms with E-state index in [1.165, 1.54) is 11.8 Å². The van der Waals surface area contributed by atoms with Crippen LogP contribution in [0.5, 0.6) is 11.5 Å². The van der Waals surface area contributed by atoms with Gasteiger partial charge in [0.15, 0.2) is 0 Å². The van der Waals surface area contributed by atoms with Crippen LogP contribution >= 0.6 is 11.8 Å². The molecule has 9 heteroatoms. The lowest BCUT2D eigenvalue weighted by atomic mass is 10.2. The van der Waals surface area contributed by atoms with Crippen LogP contribution in [0.15, 0.2) is 62.6 Å². The smallest absolute Gasteiger partial charge is 0.277 e. The minimum Gasteiger partial charge on any atom is -0.497 e.